The van der Waals surface area contributed by atoms with Crippen LogP contribution in [0.1, 0.15) is 0 Å². The maximum atomic E-state index is 5.84. The third-order valence-electron chi connectivity index (χ3n) is 3.29. The Labute approximate surface area is 127 Å². The zero-order valence-electron chi connectivity index (χ0n) is 10.7. The maximum Gasteiger partial charge on any atom is 0.183 e. The van der Waals surface area contributed by atoms with Crippen LogP contribution in [0.4, 0.5) is 5.82 Å². The van der Waals surface area contributed by atoms with Gasteiger partial charge in [-0.25, -0.2) is 15.0 Å². The van der Waals surface area contributed by atoms with Gasteiger partial charge in [0.05, 0.1) is 5.52 Å². The molecule has 3 heterocycles. The third kappa shape index (κ3) is 1.85. The molecule has 4 aromatic rings. The number of hydrogen-bond acceptors (Lipinski definition) is 5. The number of rotatable bonds is 1. The third-order valence-corrected chi connectivity index (χ3v) is 3.93. The van der Waals surface area contributed by atoms with Crippen LogP contribution in [0.5, 0.6) is 0 Å². The number of nitrogens with one attached hydrogen (secondary N) is 1. The maximum absolute atomic E-state index is 5.84. The zero-order valence-corrected chi connectivity index (χ0v) is 12.3. The molecule has 3 N–H and O–H groups in total. The molecule has 6 nitrogen and oxygen atoms in total. The van der Waals surface area contributed by atoms with Gasteiger partial charge in [0.2, 0.25) is 0 Å². The van der Waals surface area contributed by atoms with Crippen molar-refractivity contribution in [1.82, 2.24) is 24.9 Å². The highest BCUT2D eigenvalue weighted by molar-refractivity contribution is 9.10. The van der Waals surface area contributed by atoms with Crippen molar-refractivity contribution in [2.24, 2.45) is 0 Å². The summed E-state index contributed by atoms with van der Waals surface area (Å²) >= 11 is 3.51. The van der Waals surface area contributed by atoms with Crippen molar-refractivity contribution in [3.8, 4) is 11.4 Å². The molecule has 0 bridgehead atoms. The van der Waals surface area contributed by atoms with Crippen LogP contribution < -0.4 is 5.73 Å². The van der Waals surface area contributed by atoms with Crippen molar-refractivity contribution in [2.45, 2.75) is 0 Å². The van der Waals surface area contributed by atoms with Gasteiger partial charge in [-0.2, -0.15) is 0 Å². The normalized spacial score (nSPS) is 11.3. The van der Waals surface area contributed by atoms with Crippen molar-refractivity contribution >= 4 is 43.8 Å². The van der Waals surface area contributed by atoms with E-state index in [0.29, 0.717) is 22.8 Å². The molecule has 102 valence electrons. The van der Waals surface area contributed by atoms with E-state index in [-0.39, 0.29) is 0 Å². The molecule has 0 fully saturated rings. The number of fused-ring (bicyclic) bond motifs is 2. The lowest BCUT2D eigenvalue weighted by atomic mass is 10.1. The van der Waals surface area contributed by atoms with Gasteiger partial charge in [0.1, 0.15) is 17.7 Å². The van der Waals surface area contributed by atoms with E-state index in [9.17, 15) is 0 Å². The van der Waals surface area contributed by atoms with E-state index in [1.54, 1.807) is 6.20 Å². The predicted octanol–water partition coefficient (Wildman–Crippen LogP) is 2.91. The summed E-state index contributed by atoms with van der Waals surface area (Å²) in [5.74, 6) is 1.08. The predicted molar refractivity (Wildman–Crippen MR) is 84.5 cm³/mol. The number of H-pyrrole nitrogens is 1. The summed E-state index contributed by atoms with van der Waals surface area (Å²) < 4.78 is 0.942. The molecule has 0 saturated carbocycles. The highest BCUT2D eigenvalue weighted by Crippen LogP contribution is 2.31. The van der Waals surface area contributed by atoms with E-state index in [2.05, 4.69) is 40.8 Å². The Kier molecular flexibility index (Phi) is 2.61. The number of halogens is 1. The molecule has 0 unspecified atom stereocenters. The topological polar surface area (TPSA) is 93.4 Å². The molecular weight excluding hydrogens is 332 g/mol. The van der Waals surface area contributed by atoms with Gasteiger partial charge in [0.15, 0.2) is 11.5 Å². The van der Waals surface area contributed by atoms with Crippen LogP contribution in [0.3, 0.4) is 0 Å². The van der Waals surface area contributed by atoms with Gasteiger partial charge in [0, 0.05) is 21.6 Å². The number of aromatic amines is 1. The number of hydrogen-bond donors (Lipinski definition) is 2. The highest BCUT2D eigenvalue weighted by atomic mass is 79.9. The number of nitrogens with zero attached hydrogens (tertiary/aromatic N) is 4. The van der Waals surface area contributed by atoms with Crippen molar-refractivity contribution in [1.29, 1.82) is 0 Å². The first-order chi connectivity index (χ1) is 10.2. The van der Waals surface area contributed by atoms with Gasteiger partial charge < -0.3 is 10.7 Å². The molecule has 0 radical (unpaired) electrons. The second kappa shape index (κ2) is 4.49. The van der Waals surface area contributed by atoms with Gasteiger partial charge in [-0.1, -0.05) is 6.07 Å². The Hall–Kier alpha value is -2.54. The molecule has 0 amide bonds. The molecule has 21 heavy (non-hydrogen) atoms. The highest BCUT2D eigenvalue weighted by Gasteiger charge is 2.13. The molecule has 4 rings (SSSR count). The van der Waals surface area contributed by atoms with E-state index in [0.717, 1.165) is 20.9 Å². The Morgan fingerprint density at radius 2 is 2.00 bits per heavy atom. The second-order valence-corrected chi connectivity index (χ2v) is 5.39. The van der Waals surface area contributed by atoms with Crippen molar-refractivity contribution in [3.63, 3.8) is 0 Å². The van der Waals surface area contributed by atoms with Crippen molar-refractivity contribution in [3.05, 3.63) is 41.3 Å². The molecule has 0 atom stereocenters. The van der Waals surface area contributed by atoms with Crippen LogP contribution >= 0.6 is 15.9 Å². The minimum atomic E-state index is 0.387. The number of nitrogen functional groups attached to an aromatic ring is 1. The van der Waals surface area contributed by atoms with Gasteiger partial charge >= 0.3 is 0 Å². The largest absolute Gasteiger partial charge is 0.382 e. The molecule has 7 heteroatoms. The Bertz CT molecular complexity index is 978. The molecule has 1 aromatic carbocycles. The number of aromatic nitrogens is 5. The van der Waals surface area contributed by atoms with E-state index in [1.165, 1.54) is 6.33 Å². The fraction of sp³-hybridized carbons (Fsp3) is 0. The first kappa shape index (κ1) is 12.2. The SMILES string of the molecule is Nc1ncnc2nc(-c3ccc(Br)c4ncccc34)[nH]c12. The number of nitrogens with two attached hydrogens (primary N) is 1. The standard InChI is InChI=1S/C14H9BrN6/c15-9-4-3-8(7-2-1-5-17-10(7)9)13-20-11-12(16)18-6-19-14(11)21-13/h1-6H,(H3,16,18,19,20,21). The minimum absolute atomic E-state index is 0.387. The van der Waals surface area contributed by atoms with Crippen LogP contribution in [0, 0.1) is 0 Å². The van der Waals surface area contributed by atoms with Crippen LogP contribution in [0.25, 0.3) is 33.5 Å². The van der Waals surface area contributed by atoms with E-state index >= 15 is 0 Å². The van der Waals surface area contributed by atoms with Gasteiger partial charge in [-0.3, -0.25) is 4.98 Å². The van der Waals surface area contributed by atoms with Crippen LogP contribution in [0.2, 0.25) is 0 Å². The zero-order chi connectivity index (χ0) is 14.4. The van der Waals surface area contributed by atoms with E-state index in [1.807, 2.05) is 24.3 Å². The number of imidazole rings is 1. The van der Waals surface area contributed by atoms with Crippen LogP contribution in [-0.2, 0) is 0 Å². The van der Waals surface area contributed by atoms with E-state index in [4.69, 9.17) is 5.73 Å². The quantitative estimate of drug-likeness (QED) is 0.555. The fourth-order valence-corrected chi connectivity index (χ4v) is 2.77. The summed E-state index contributed by atoms with van der Waals surface area (Å²) in [5.41, 5.74) is 8.87. The molecular formula is C14H9BrN6. The second-order valence-electron chi connectivity index (χ2n) is 4.54. The molecule has 0 aliphatic heterocycles. The summed E-state index contributed by atoms with van der Waals surface area (Å²) in [7, 11) is 0. The minimum Gasteiger partial charge on any atom is -0.382 e. The summed E-state index contributed by atoms with van der Waals surface area (Å²) in [6, 6.07) is 7.84. The lowest BCUT2D eigenvalue weighted by Crippen LogP contribution is -1.91. The number of pyridine rings is 1. The summed E-state index contributed by atoms with van der Waals surface area (Å²) in [6.45, 7) is 0. The monoisotopic (exact) mass is 340 g/mol. The van der Waals surface area contributed by atoms with Crippen LogP contribution in [-0.4, -0.2) is 24.9 Å². The lowest BCUT2D eigenvalue weighted by Gasteiger charge is -2.04. The molecule has 0 aliphatic rings. The average molecular weight is 341 g/mol. The van der Waals surface area contributed by atoms with Gasteiger partial charge in [0.25, 0.3) is 0 Å². The molecule has 0 aliphatic carbocycles. The average Bonchev–Trinajstić information content (AvgIpc) is 2.93. The first-order valence-corrected chi connectivity index (χ1v) is 7.03. The van der Waals surface area contributed by atoms with Crippen LogP contribution in [0.15, 0.2) is 41.3 Å². The molecule has 0 spiro atoms. The summed E-state index contributed by atoms with van der Waals surface area (Å²) in [6.07, 6.45) is 3.17. The Morgan fingerprint density at radius 1 is 1.10 bits per heavy atom. The molecule has 0 saturated heterocycles. The molecule has 3 aromatic heterocycles. The van der Waals surface area contributed by atoms with Gasteiger partial charge in [-0.05, 0) is 34.1 Å². The fourth-order valence-electron chi connectivity index (χ4n) is 2.32. The number of benzene rings is 1. The summed E-state index contributed by atoms with van der Waals surface area (Å²) in [4.78, 5) is 20.2. The van der Waals surface area contributed by atoms with Gasteiger partial charge in [-0.15, -0.1) is 0 Å². The Balaban J connectivity index is 2.05. The smallest absolute Gasteiger partial charge is 0.183 e. The van der Waals surface area contributed by atoms with Crippen molar-refractivity contribution in [2.75, 3.05) is 5.73 Å². The van der Waals surface area contributed by atoms with E-state index < -0.39 is 0 Å². The first-order valence-electron chi connectivity index (χ1n) is 6.24. The summed E-state index contributed by atoms with van der Waals surface area (Å²) in [5, 5.41) is 0.998. The Morgan fingerprint density at radius 3 is 2.86 bits per heavy atom. The number of anilines is 1. The van der Waals surface area contributed by atoms with Crippen molar-refractivity contribution < 1.29 is 0 Å². The lowest BCUT2D eigenvalue weighted by molar-refractivity contribution is 1.21.